The Balaban J connectivity index is 1.21. The van der Waals surface area contributed by atoms with E-state index in [1.54, 1.807) is 4.68 Å². The van der Waals surface area contributed by atoms with Crippen LogP contribution in [0.3, 0.4) is 0 Å². The molecule has 0 spiro atoms. The van der Waals surface area contributed by atoms with Gasteiger partial charge in [-0.3, -0.25) is 14.5 Å². The summed E-state index contributed by atoms with van der Waals surface area (Å²) in [5.41, 5.74) is 0.726. The smallest absolute Gasteiger partial charge is 0.253 e. The van der Waals surface area contributed by atoms with E-state index in [1.807, 2.05) is 6.20 Å². The molecule has 0 radical (unpaired) electrons. The van der Waals surface area contributed by atoms with Crippen LogP contribution in [-0.4, -0.2) is 210 Å². The number of rotatable bonds is 43. The second-order valence-electron chi connectivity index (χ2n) is 11.2. The SMILES string of the molecule is O=C1C=CC(=O)N1CCOCCOCCOCCOCCOCCOCc1cn(CCOCCOCCOCCOCCOCCOCCOCC[18F])nn1. The van der Waals surface area contributed by atoms with Crippen molar-refractivity contribution in [1.29, 1.82) is 0 Å². The third kappa shape index (κ3) is 29.4. The first-order valence-electron chi connectivity index (χ1n) is 18.7. The van der Waals surface area contributed by atoms with Crippen molar-refractivity contribution < 1.29 is 75.6 Å². The molecule has 1 aliphatic heterocycles. The van der Waals surface area contributed by atoms with Gasteiger partial charge in [-0.2, -0.15) is 0 Å². The number of ether oxygens (including phenoxy) is 13. The molecule has 1 aromatic rings. The monoisotopic (exact) mass is 795 g/mol. The van der Waals surface area contributed by atoms with Gasteiger partial charge >= 0.3 is 0 Å². The summed E-state index contributed by atoms with van der Waals surface area (Å²) in [6.07, 6.45) is 4.33. The molecule has 1 aliphatic rings. The number of hydrogen-bond acceptors (Lipinski definition) is 17. The summed E-state index contributed by atoms with van der Waals surface area (Å²) in [7, 11) is 0. The van der Waals surface area contributed by atoms with Crippen molar-refractivity contribution in [2.24, 2.45) is 0 Å². The average molecular weight is 796 g/mol. The van der Waals surface area contributed by atoms with E-state index in [0.717, 1.165) is 10.6 Å². The van der Waals surface area contributed by atoms with Crippen LogP contribution in [0, 0.1) is 0 Å². The quantitative estimate of drug-likeness (QED) is 0.0629. The Bertz CT molecular complexity index is 1060. The molecule has 0 aromatic carbocycles. The van der Waals surface area contributed by atoms with Crippen LogP contribution in [0.25, 0.3) is 0 Å². The van der Waals surface area contributed by atoms with E-state index in [1.165, 1.54) is 12.2 Å². The number of aromatic nitrogens is 3. The molecule has 0 aliphatic carbocycles. The molecule has 19 nitrogen and oxygen atoms in total. The number of alkyl halides is 1. The Morgan fingerprint density at radius 3 is 1.09 bits per heavy atom. The maximum absolute atomic E-state index is 11.9. The van der Waals surface area contributed by atoms with E-state index in [-0.39, 0.29) is 31.6 Å². The van der Waals surface area contributed by atoms with Gasteiger partial charge in [0, 0.05) is 12.2 Å². The van der Waals surface area contributed by atoms with E-state index < -0.39 is 6.67 Å². The lowest BCUT2D eigenvalue weighted by Gasteiger charge is -2.13. The Kier molecular flexibility index (Phi) is 32.7. The van der Waals surface area contributed by atoms with Gasteiger partial charge in [-0.1, -0.05) is 5.21 Å². The highest BCUT2D eigenvalue weighted by atomic mass is 18.2. The van der Waals surface area contributed by atoms with Crippen LogP contribution >= 0.6 is 0 Å². The highest BCUT2D eigenvalue weighted by Gasteiger charge is 2.22. The summed E-state index contributed by atoms with van der Waals surface area (Å²) < 4.78 is 84.1. The van der Waals surface area contributed by atoms with Gasteiger partial charge in [0.2, 0.25) is 0 Å². The molecule has 318 valence electrons. The topological polar surface area (TPSA) is 188 Å². The Morgan fingerprint density at radius 1 is 0.418 bits per heavy atom. The molecular formula is C35H61FN4O15. The third-order valence-electron chi connectivity index (χ3n) is 6.97. The van der Waals surface area contributed by atoms with Crippen LogP contribution in [0.15, 0.2) is 18.3 Å². The Hall–Kier alpha value is -2.57. The Labute approximate surface area is 322 Å². The predicted molar refractivity (Wildman–Crippen MR) is 191 cm³/mol. The van der Waals surface area contributed by atoms with Crippen molar-refractivity contribution in [2.75, 3.05) is 178 Å². The lowest BCUT2D eigenvalue weighted by molar-refractivity contribution is -0.137. The number of carbonyl (C=O) groups is 2. The van der Waals surface area contributed by atoms with Crippen LogP contribution in [0.4, 0.5) is 4.39 Å². The van der Waals surface area contributed by atoms with Crippen LogP contribution < -0.4 is 0 Å². The molecule has 1 aromatic heterocycles. The summed E-state index contributed by atoms with van der Waals surface area (Å²) in [4.78, 5) is 24.0. The fourth-order valence-corrected chi connectivity index (χ4v) is 4.23. The molecule has 0 N–H and O–H groups in total. The molecule has 2 heterocycles. The number of imide groups is 1. The Morgan fingerprint density at radius 2 is 0.727 bits per heavy atom. The number of nitrogens with zero attached hydrogens (tertiary/aromatic N) is 4. The maximum atomic E-state index is 11.9. The van der Waals surface area contributed by atoms with Gasteiger partial charge in [0.1, 0.15) is 12.4 Å². The first-order chi connectivity index (χ1) is 27.2. The normalized spacial score (nSPS) is 12.9. The van der Waals surface area contributed by atoms with E-state index in [2.05, 4.69) is 10.3 Å². The van der Waals surface area contributed by atoms with Crippen molar-refractivity contribution >= 4 is 11.8 Å². The first kappa shape index (κ1) is 48.6. The molecule has 2 amide bonds. The molecule has 55 heavy (non-hydrogen) atoms. The van der Waals surface area contributed by atoms with Crippen molar-refractivity contribution in [2.45, 2.75) is 13.2 Å². The van der Waals surface area contributed by atoms with Crippen LogP contribution in [0.1, 0.15) is 5.69 Å². The molecule has 0 bridgehead atoms. The number of amides is 2. The highest BCUT2D eigenvalue weighted by molar-refractivity contribution is 6.12. The minimum Gasteiger partial charge on any atom is -0.377 e. The largest absolute Gasteiger partial charge is 0.377 e. The van der Waals surface area contributed by atoms with Crippen molar-refractivity contribution in [3.8, 4) is 0 Å². The van der Waals surface area contributed by atoms with Gasteiger partial charge in [-0.25, -0.2) is 9.07 Å². The third-order valence-corrected chi connectivity index (χ3v) is 6.97. The van der Waals surface area contributed by atoms with Gasteiger partial charge in [-0.05, 0) is 0 Å². The van der Waals surface area contributed by atoms with Gasteiger partial charge in [0.15, 0.2) is 0 Å². The molecule has 0 atom stereocenters. The summed E-state index contributed by atoms with van der Waals surface area (Å²) in [6, 6.07) is 0. The average Bonchev–Trinajstić information content (AvgIpc) is 3.78. The fourth-order valence-electron chi connectivity index (χ4n) is 4.23. The van der Waals surface area contributed by atoms with E-state index in [4.69, 9.17) is 61.6 Å². The maximum Gasteiger partial charge on any atom is 0.253 e. The summed E-state index contributed by atoms with van der Waals surface area (Å²) in [6.45, 7) is 11.3. The van der Waals surface area contributed by atoms with Crippen molar-refractivity contribution in [3.63, 3.8) is 0 Å². The molecule has 20 heteroatoms. The summed E-state index contributed by atoms with van der Waals surface area (Å²) in [5, 5.41) is 8.20. The second kappa shape index (κ2) is 37.0. The van der Waals surface area contributed by atoms with Crippen LogP contribution in [0.2, 0.25) is 0 Å². The van der Waals surface area contributed by atoms with Crippen molar-refractivity contribution in [1.82, 2.24) is 19.9 Å². The zero-order valence-electron chi connectivity index (χ0n) is 32.0. The first-order valence-corrected chi connectivity index (χ1v) is 18.7. The number of carbonyl (C=O) groups excluding carboxylic acids is 2. The van der Waals surface area contributed by atoms with E-state index in [9.17, 15) is 14.0 Å². The minimum atomic E-state index is -0.483. The highest BCUT2D eigenvalue weighted by Crippen LogP contribution is 2.02. The van der Waals surface area contributed by atoms with E-state index >= 15 is 0 Å². The van der Waals surface area contributed by atoms with Gasteiger partial charge in [-0.15, -0.1) is 5.10 Å². The van der Waals surface area contributed by atoms with Crippen molar-refractivity contribution in [3.05, 3.63) is 24.0 Å². The predicted octanol–water partition coefficient (Wildman–Crippen LogP) is -0.112. The van der Waals surface area contributed by atoms with Gasteiger partial charge in [0.05, 0.1) is 191 Å². The molecule has 0 fully saturated rings. The molecule has 0 unspecified atom stereocenters. The van der Waals surface area contributed by atoms with E-state index in [0.29, 0.717) is 165 Å². The molecular weight excluding hydrogens is 734 g/mol. The number of hydrogen-bond donors (Lipinski definition) is 0. The summed E-state index contributed by atoms with van der Waals surface area (Å²) >= 11 is 0. The fraction of sp³-hybridized carbons (Fsp3) is 0.829. The van der Waals surface area contributed by atoms with Gasteiger partial charge < -0.3 is 61.6 Å². The zero-order chi connectivity index (χ0) is 39.1. The standard InChI is InChI=1S/C35H61FN4O15/c36-3-6-43-9-12-46-15-18-49-21-23-52-24-22-50-19-16-47-13-10-44-7-4-39-31-33(37-38-39)32-55-30-29-54-28-27-53-26-25-51-20-17-48-14-11-45-8-5-40-34(41)1-2-35(40)42/h1-2,31H,3-30,32H2/i36-1. The summed E-state index contributed by atoms with van der Waals surface area (Å²) in [5.74, 6) is -0.626. The second-order valence-corrected chi connectivity index (χ2v) is 11.2. The molecule has 0 saturated carbocycles. The minimum absolute atomic E-state index is 0.104. The van der Waals surface area contributed by atoms with Crippen LogP contribution in [-0.2, 0) is 84.3 Å². The molecule has 2 rings (SSSR count). The van der Waals surface area contributed by atoms with Gasteiger partial charge in [0.25, 0.3) is 11.8 Å². The molecule has 0 saturated heterocycles. The lowest BCUT2D eigenvalue weighted by Crippen LogP contribution is -2.33. The zero-order valence-corrected chi connectivity index (χ0v) is 32.0. The van der Waals surface area contributed by atoms with Crippen LogP contribution in [0.5, 0.6) is 0 Å². The lowest BCUT2D eigenvalue weighted by atomic mass is 10.5. The number of halogens is 1.